The lowest BCUT2D eigenvalue weighted by molar-refractivity contribution is -0.907. The summed E-state index contributed by atoms with van der Waals surface area (Å²) in [7, 11) is -2.97. The molecular formula is C12H23N2O2S+. The highest BCUT2D eigenvalue weighted by Crippen LogP contribution is 2.16. The van der Waals surface area contributed by atoms with E-state index in [4.69, 9.17) is 0 Å². The van der Waals surface area contributed by atoms with Crippen LogP contribution in [-0.2, 0) is 10.0 Å². The van der Waals surface area contributed by atoms with Crippen LogP contribution >= 0.6 is 0 Å². The predicted molar refractivity (Wildman–Crippen MR) is 68.5 cm³/mol. The molecule has 0 spiro atoms. The van der Waals surface area contributed by atoms with E-state index in [9.17, 15) is 8.42 Å². The molecule has 0 bridgehead atoms. The van der Waals surface area contributed by atoms with Crippen LogP contribution in [0, 0.1) is 5.92 Å². The van der Waals surface area contributed by atoms with Gasteiger partial charge in [0.15, 0.2) is 0 Å². The first-order chi connectivity index (χ1) is 8.05. The van der Waals surface area contributed by atoms with E-state index in [2.05, 4.69) is 12.2 Å². The highest BCUT2D eigenvalue weighted by atomic mass is 32.2. The van der Waals surface area contributed by atoms with Gasteiger partial charge in [0, 0.05) is 5.92 Å². The van der Waals surface area contributed by atoms with Gasteiger partial charge in [0.05, 0.1) is 39.0 Å². The third-order valence-electron chi connectivity index (χ3n) is 3.85. The van der Waals surface area contributed by atoms with Crippen LogP contribution in [0.15, 0.2) is 12.2 Å². The number of piperazine rings is 1. The molecule has 0 aromatic carbocycles. The van der Waals surface area contributed by atoms with Gasteiger partial charge in [-0.2, -0.15) is 4.31 Å². The van der Waals surface area contributed by atoms with Gasteiger partial charge in [0.25, 0.3) is 0 Å². The minimum atomic E-state index is -2.97. The zero-order valence-electron chi connectivity index (χ0n) is 10.6. The minimum absolute atomic E-state index is 0.691. The topological polar surface area (TPSA) is 41.8 Å². The molecule has 0 radical (unpaired) electrons. The Morgan fingerprint density at radius 3 is 2.53 bits per heavy atom. The molecule has 0 aromatic heterocycles. The molecule has 1 N–H and O–H groups in total. The maximum Gasteiger partial charge on any atom is 0.211 e. The van der Waals surface area contributed by atoms with Crippen LogP contribution in [0.2, 0.25) is 0 Å². The Kier molecular flexibility index (Phi) is 4.22. The van der Waals surface area contributed by atoms with Crippen LogP contribution in [-0.4, -0.2) is 51.7 Å². The molecule has 0 unspecified atom stereocenters. The summed E-state index contributed by atoms with van der Waals surface area (Å²) in [5.41, 5.74) is 0. The molecule has 1 atom stereocenters. The summed E-state index contributed by atoms with van der Waals surface area (Å²) >= 11 is 0. The standard InChI is InChI=1S/C12H22N2O2S/c1-17(15,16)14-9-7-13(8-10-14)11-12-5-3-2-4-6-12/h2-3,12H,4-11H2,1H3/p+1/t12-/m0/s1. The van der Waals surface area contributed by atoms with Crippen molar-refractivity contribution >= 4 is 10.0 Å². The average molecular weight is 259 g/mol. The van der Waals surface area contributed by atoms with E-state index in [1.54, 1.807) is 9.21 Å². The van der Waals surface area contributed by atoms with E-state index in [1.807, 2.05) is 0 Å². The van der Waals surface area contributed by atoms with Gasteiger partial charge in [0.1, 0.15) is 0 Å². The fraction of sp³-hybridized carbons (Fsp3) is 0.833. The summed E-state index contributed by atoms with van der Waals surface area (Å²) in [6, 6.07) is 0. The van der Waals surface area contributed by atoms with E-state index in [0.29, 0.717) is 13.1 Å². The van der Waals surface area contributed by atoms with Gasteiger partial charge in [-0.1, -0.05) is 12.2 Å². The number of hydrogen-bond donors (Lipinski definition) is 1. The van der Waals surface area contributed by atoms with Crippen molar-refractivity contribution < 1.29 is 13.3 Å². The predicted octanol–water partition coefficient (Wildman–Crippen LogP) is -0.497. The second-order valence-corrected chi connectivity index (χ2v) is 7.25. The van der Waals surface area contributed by atoms with Gasteiger partial charge < -0.3 is 4.90 Å². The molecular weight excluding hydrogens is 236 g/mol. The molecule has 0 saturated carbocycles. The number of allylic oxidation sites excluding steroid dienone is 2. The summed E-state index contributed by atoms with van der Waals surface area (Å²) in [6.45, 7) is 4.52. The highest BCUT2D eigenvalue weighted by Gasteiger charge is 2.27. The summed E-state index contributed by atoms with van der Waals surface area (Å²) in [5, 5.41) is 0. The Labute approximate surface area is 104 Å². The van der Waals surface area contributed by atoms with Gasteiger partial charge >= 0.3 is 0 Å². The molecule has 5 heteroatoms. The first-order valence-electron chi connectivity index (χ1n) is 6.49. The van der Waals surface area contributed by atoms with Crippen LogP contribution < -0.4 is 4.90 Å². The van der Waals surface area contributed by atoms with Gasteiger partial charge in [-0.15, -0.1) is 0 Å². The normalized spacial score (nSPS) is 28.4. The summed E-state index contributed by atoms with van der Waals surface area (Å²) in [6.07, 6.45) is 9.60. The Bertz CT molecular complexity index is 370. The lowest BCUT2D eigenvalue weighted by Crippen LogP contribution is -3.15. The van der Waals surface area contributed by atoms with Crippen molar-refractivity contribution in [3.8, 4) is 0 Å². The number of hydrogen-bond acceptors (Lipinski definition) is 2. The first kappa shape index (κ1) is 13.1. The molecule has 1 aliphatic carbocycles. The number of nitrogens with one attached hydrogen (secondary N) is 1. The van der Waals surface area contributed by atoms with E-state index >= 15 is 0 Å². The zero-order chi connectivity index (χ0) is 12.3. The molecule has 1 saturated heterocycles. The molecule has 1 fully saturated rings. The summed E-state index contributed by atoms with van der Waals surface area (Å²) in [4.78, 5) is 1.57. The van der Waals surface area contributed by atoms with Crippen LogP contribution in [0.25, 0.3) is 0 Å². The van der Waals surface area contributed by atoms with Crippen molar-refractivity contribution in [2.24, 2.45) is 5.92 Å². The molecule has 2 aliphatic rings. The van der Waals surface area contributed by atoms with Crippen LogP contribution in [0.1, 0.15) is 19.3 Å². The van der Waals surface area contributed by atoms with Gasteiger partial charge in [0.2, 0.25) is 10.0 Å². The average Bonchev–Trinajstić information content (AvgIpc) is 2.30. The van der Waals surface area contributed by atoms with Crippen molar-refractivity contribution in [1.82, 2.24) is 4.31 Å². The Morgan fingerprint density at radius 1 is 1.29 bits per heavy atom. The van der Waals surface area contributed by atoms with Gasteiger partial charge in [-0.25, -0.2) is 8.42 Å². The number of rotatable bonds is 3. The van der Waals surface area contributed by atoms with Crippen molar-refractivity contribution in [3.63, 3.8) is 0 Å². The molecule has 0 aromatic rings. The Hall–Kier alpha value is -0.390. The lowest BCUT2D eigenvalue weighted by atomic mass is 9.94. The number of quaternary nitrogens is 1. The minimum Gasteiger partial charge on any atom is -0.333 e. The smallest absolute Gasteiger partial charge is 0.211 e. The molecule has 2 rings (SSSR count). The second-order valence-electron chi connectivity index (χ2n) is 5.27. The number of nitrogens with zero attached hydrogens (tertiary/aromatic N) is 1. The zero-order valence-corrected chi connectivity index (χ0v) is 11.4. The third kappa shape index (κ3) is 3.79. The molecule has 1 heterocycles. The van der Waals surface area contributed by atoms with Crippen LogP contribution in [0.5, 0.6) is 0 Å². The lowest BCUT2D eigenvalue weighted by Gasteiger charge is -2.33. The SMILES string of the molecule is CS(=O)(=O)N1CC[NH+](C[C@H]2CC=CCC2)CC1. The molecule has 1 aliphatic heterocycles. The van der Waals surface area contributed by atoms with Crippen LogP contribution in [0.4, 0.5) is 0 Å². The van der Waals surface area contributed by atoms with Crippen molar-refractivity contribution in [3.05, 3.63) is 12.2 Å². The van der Waals surface area contributed by atoms with Crippen molar-refractivity contribution in [2.75, 3.05) is 39.0 Å². The van der Waals surface area contributed by atoms with E-state index in [1.165, 1.54) is 32.1 Å². The second kappa shape index (κ2) is 5.50. The van der Waals surface area contributed by atoms with Gasteiger partial charge in [-0.05, 0) is 19.3 Å². The van der Waals surface area contributed by atoms with E-state index in [-0.39, 0.29) is 0 Å². The monoisotopic (exact) mass is 259 g/mol. The third-order valence-corrected chi connectivity index (χ3v) is 5.16. The maximum atomic E-state index is 11.4. The largest absolute Gasteiger partial charge is 0.333 e. The maximum absolute atomic E-state index is 11.4. The quantitative estimate of drug-likeness (QED) is 0.695. The fourth-order valence-corrected chi connectivity index (χ4v) is 3.63. The molecule has 98 valence electrons. The van der Waals surface area contributed by atoms with E-state index < -0.39 is 10.0 Å². The van der Waals surface area contributed by atoms with E-state index in [0.717, 1.165) is 19.0 Å². The highest BCUT2D eigenvalue weighted by molar-refractivity contribution is 7.88. The molecule has 17 heavy (non-hydrogen) atoms. The molecule has 4 nitrogen and oxygen atoms in total. The Balaban J connectivity index is 1.77. The molecule has 0 amide bonds. The van der Waals surface area contributed by atoms with Crippen LogP contribution in [0.3, 0.4) is 0 Å². The van der Waals surface area contributed by atoms with Crippen molar-refractivity contribution in [2.45, 2.75) is 19.3 Å². The summed E-state index contributed by atoms with van der Waals surface area (Å²) in [5.74, 6) is 0.805. The first-order valence-corrected chi connectivity index (χ1v) is 8.34. The Morgan fingerprint density at radius 2 is 2.00 bits per heavy atom. The summed E-state index contributed by atoms with van der Waals surface area (Å²) < 4.78 is 24.4. The fourth-order valence-electron chi connectivity index (χ4n) is 2.79. The van der Waals surface area contributed by atoms with Gasteiger partial charge in [-0.3, -0.25) is 0 Å². The number of sulfonamides is 1. The van der Waals surface area contributed by atoms with Crippen molar-refractivity contribution in [1.29, 1.82) is 0 Å².